The molecule has 2 atom stereocenters. The lowest BCUT2D eigenvalue weighted by molar-refractivity contribution is 0.187. The lowest BCUT2D eigenvalue weighted by Crippen LogP contribution is -2.30. The Morgan fingerprint density at radius 2 is 2.08 bits per heavy atom. The molecule has 2 N–H and O–H groups in total. The molecule has 128 valence electrons. The van der Waals surface area contributed by atoms with Gasteiger partial charge in [-0.15, -0.1) is 6.58 Å². The van der Waals surface area contributed by atoms with Gasteiger partial charge in [-0.2, -0.15) is 0 Å². The summed E-state index contributed by atoms with van der Waals surface area (Å²) in [6, 6.07) is 5.26. The Morgan fingerprint density at radius 3 is 2.67 bits per heavy atom. The molecule has 0 aliphatic heterocycles. The summed E-state index contributed by atoms with van der Waals surface area (Å²) < 4.78 is 5.40. The van der Waals surface area contributed by atoms with Gasteiger partial charge in [0, 0.05) is 5.41 Å². The molecule has 0 bridgehead atoms. The Morgan fingerprint density at radius 1 is 1.42 bits per heavy atom. The number of aliphatic hydroxyl groups excluding tert-OH is 1. The maximum atomic E-state index is 12.5. The van der Waals surface area contributed by atoms with Crippen LogP contribution in [0.25, 0.3) is 11.0 Å². The van der Waals surface area contributed by atoms with Gasteiger partial charge in [0.2, 0.25) is 0 Å². The van der Waals surface area contributed by atoms with E-state index in [1.165, 1.54) is 0 Å². The van der Waals surface area contributed by atoms with Crippen LogP contribution in [-0.2, 0) is 5.41 Å². The summed E-state index contributed by atoms with van der Waals surface area (Å²) in [5.41, 5.74) is 0.716. The molecule has 4 nitrogen and oxygen atoms in total. The fourth-order valence-electron chi connectivity index (χ4n) is 3.07. The molecule has 24 heavy (non-hydrogen) atoms. The first-order chi connectivity index (χ1) is 11.2. The van der Waals surface area contributed by atoms with E-state index in [9.17, 15) is 15.0 Å². The van der Waals surface area contributed by atoms with E-state index in [0.29, 0.717) is 11.0 Å². The minimum absolute atomic E-state index is 0.105. The molecular formula is C20H24O4. The van der Waals surface area contributed by atoms with E-state index in [1.54, 1.807) is 31.2 Å². The van der Waals surface area contributed by atoms with Crippen LogP contribution in [0.15, 0.2) is 51.7 Å². The number of hydrogen-bond donors (Lipinski definition) is 2. The van der Waals surface area contributed by atoms with Gasteiger partial charge in [-0.3, -0.25) is 0 Å². The molecule has 0 aliphatic carbocycles. The standard InChI is InChI=1S/C20H24O4/c1-6-20(5,11-14(21)10-12(2)3)17-18(22)16-13(4)8-7-9-15(16)24-19(17)23/h6-10,14,21-22H,1,11H2,2-5H3/t14?,20-/m1/s1. The third-order valence-corrected chi connectivity index (χ3v) is 4.30. The van der Waals surface area contributed by atoms with Crippen molar-refractivity contribution in [3.8, 4) is 5.75 Å². The molecule has 2 aromatic rings. The zero-order chi connectivity index (χ0) is 18.1. The first kappa shape index (κ1) is 18.0. The number of benzene rings is 1. The molecule has 0 saturated carbocycles. The summed E-state index contributed by atoms with van der Waals surface area (Å²) in [6.45, 7) is 11.2. The van der Waals surface area contributed by atoms with E-state index >= 15 is 0 Å². The number of allylic oxidation sites excluding steroid dienone is 2. The number of aryl methyl sites for hydroxylation is 1. The number of aromatic hydroxyl groups is 1. The van der Waals surface area contributed by atoms with Crippen LogP contribution < -0.4 is 5.63 Å². The predicted octanol–water partition coefficient (Wildman–Crippen LogP) is 3.97. The molecule has 1 aromatic heterocycles. The van der Waals surface area contributed by atoms with Crippen LogP contribution in [0.4, 0.5) is 0 Å². The second-order valence-electron chi connectivity index (χ2n) is 6.70. The zero-order valence-corrected chi connectivity index (χ0v) is 14.6. The Kier molecular flexibility index (Phi) is 4.99. The van der Waals surface area contributed by atoms with Gasteiger partial charge in [0.25, 0.3) is 0 Å². The third-order valence-electron chi connectivity index (χ3n) is 4.30. The van der Waals surface area contributed by atoms with E-state index in [2.05, 4.69) is 6.58 Å². The SMILES string of the molecule is C=C[C@](C)(CC(O)C=C(C)C)c1c(O)c2c(C)cccc2oc1=O. The van der Waals surface area contributed by atoms with E-state index in [0.717, 1.165) is 11.1 Å². The molecule has 1 aromatic carbocycles. The van der Waals surface area contributed by atoms with Crippen molar-refractivity contribution in [2.24, 2.45) is 0 Å². The largest absolute Gasteiger partial charge is 0.507 e. The molecule has 0 aliphatic rings. The van der Waals surface area contributed by atoms with Crippen LogP contribution in [0.1, 0.15) is 38.3 Å². The highest BCUT2D eigenvalue weighted by Gasteiger charge is 2.33. The zero-order valence-electron chi connectivity index (χ0n) is 14.6. The number of rotatable bonds is 5. The van der Waals surface area contributed by atoms with Crippen molar-refractivity contribution in [2.75, 3.05) is 0 Å². The van der Waals surface area contributed by atoms with Crippen molar-refractivity contribution in [3.05, 3.63) is 64.1 Å². The molecule has 0 spiro atoms. The minimum atomic E-state index is -0.924. The maximum absolute atomic E-state index is 12.5. The Bertz CT molecular complexity index is 856. The van der Waals surface area contributed by atoms with Crippen LogP contribution >= 0.6 is 0 Å². The van der Waals surface area contributed by atoms with Gasteiger partial charge in [-0.05, 0) is 38.8 Å². The normalized spacial score (nSPS) is 14.9. The highest BCUT2D eigenvalue weighted by molar-refractivity contribution is 5.87. The summed E-state index contributed by atoms with van der Waals surface area (Å²) in [7, 11) is 0. The van der Waals surface area contributed by atoms with Crippen molar-refractivity contribution < 1.29 is 14.6 Å². The Labute approximate surface area is 141 Å². The predicted molar refractivity (Wildman–Crippen MR) is 96.5 cm³/mol. The van der Waals surface area contributed by atoms with Crippen LogP contribution in [-0.4, -0.2) is 16.3 Å². The monoisotopic (exact) mass is 328 g/mol. The molecule has 0 amide bonds. The summed E-state index contributed by atoms with van der Waals surface area (Å²) >= 11 is 0. The summed E-state index contributed by atoms with van der Waals surface area (Å²) in [6.07, 6.45) is 2.75. The van der Waals surface area contributed by atoms with Crippen LogP contribution in [0, 0.1) is 6.92 Å². The molecule has 1 heterocycles. The van der Waals surface area contributed by atoms with Gasteiger partial charge in [0.15, 0.2) is 0 Å². The van der Waals surface area contributed by atoms with Crippen molar-refractivity contribution in [1.29, 1.82) is 0 Å². The van der Waals surface area contributed by atoms with Crippen LogP contribution in [0.5, 0.6) is 5.75 Å². The average molecular weight is 328 g/mol. The van der Waals surface area contributed by atoms with Crippen LogP contribution in [0.3, 0.4) is 0 Å². The first-order valence-corrected chi connectivity index (χ1v) is 7.92. The quantitative estimate of drug-likeness (QED) is 0.643. The van der Waals surface area contributed by atoms with Gasteiger partial charge in [0.05, 0.1) is 17.1 Å². The molecule has 1 unspecified atom stereocenters. The van der Waals surface area contributed by atoms with Crippen molar-refractivity contribution >= 4 is 11.0 Å². The van der Waals surface area contributed by atoms with Crippen LogP contribution in [0.2, 0.25) is 0 Å². The van der Waals surface area contributed by atoms with E-state index < -0.39 is 17.1 Å². The van der Waals surface area contributed by atoms with E-state index in [4.69, 9.17) is 4.42 Å². The van der Waals surface area contributed by atoms with Gasteiger partial charge >= 0.3 is 5.63 Å². The second kappa shape index (κ2) is 6.65. The lowest BCUT2D eigenvalue weighted by atomic mass is 9.77. The Hall–Kier alpha value is -2.33. The first-order valence-electron chi connectivity index (χ1n) is 7.92. The number of fused-ring (bicyclic) bond motifs is 1. The molecular weight excluding hydrogens is 304 g/mol. The highest BCUT2D eigenvalue weighted by Crippen LogP contribution is 2.39. The summed E-state index contributed by atoms with van der Waals surface area (Å²) in [5, 5.41) is 21.5. The fraction of sp³-hybridized carbons (Fsp3) is 0.350. The van der Waals surface area contributed by atoms with Gasteiger partial charge in [0.1, 0.15) is 11.3 Å². The molecule has 0 fully saturated rings. The average Bonchev–Trinajstić information content (AvgIpc) is 2.45. The summed E-state index contributed by atoms with van der Waals surface area (Å²) in [4.78, 5) is 12.5. The van der Waals surface area contributed by atoms with Crippen molar-refractivity contribution in [3.63, 3.8) is 0 Å². The van der Waals surface area contributed by atoms with E-state index in [1.807, 2.05) is 26.8 Å². The van der Waals surface area contributed by atoms with Gasteiger partial charge in [-0.1, -0.05) is 36.8 Å². The number of aliphatic hydroxyl groups is 1. The third kappa shape index (κ3) is 3.29. The maximum Gasteiger partial charge on any atom is 0.344 e. The molecule has 0 radical (unpaired) electrons. The smallest absolute Gasteiger partial charge is 0.344 e. The number of hydrogen-bond acceptors (Lipinski definition) is 4. The van der Waals surface area contributed by atoms with E-state index in [-0.39, 0.29) is 17.7 Å². The summed E-state index contributed by atoms with van der Waals surface area (Å²) in [5.74, 6) is -0.105. The minimum Gasteiger partial charge on any atom is -0.507 e. The van der Waals surface area contributed by atoms with Crippen molar-refractivity contribution in [1.82, 2.24) is 0 Å². The molecule has 4 heteroatoms. The Balaban J connectivity index is 2.68. The van der Waals surface area contributed by atoms with Gasteiger partial charge in [-0.25, -0.2) is 4.79 Å². The molecule has 2 rings (SSSR count). The molecule has 0 saturated heterocycles. The lowest BCUT2D eigenvalue weighted by Gasteiger charge is -2.28. The topological polar surface area (TPSA) is 70.7 Å². The second-order valence-corrected chi connectivity index (χ2v) is 6.70. The van der Waals surface area contributed by atoms with Gasteiger partial charge < -0.3 is 14.6 Å². The fourth-order valence-corrected chi connectivity index (χ4v) is 3.07. The highest BCUT2D eigenvalue weighted by atomic mass is 16.4. The van der Waals surface area contributed by atoms with Crippen molar-refractivity contribution in [2.45, 2.75) is 45.6 Å².